The van der Waals surface area contributed by atoms with Gasteiger partial charge in [-0.3, -0.25) is 14.9 Å². The molecule has 0 aliphatic rings. The maximum atomic E-state index is 12.1. The van der Waals surface area contributed by atoms with E-state index in [1.54, 1.807) is 30.3 Å². The number of non-ortho nitro benzene ring substituents is 1. The van der Waals surface area contributed by atoms with Crippen LogP contribution in [0.15, 0.2) is 59.9 Å². The van der Waals surface area contributed by atoms with Gasteiger partial charge in [0, 0.05) is 17.7 Å². The number of nitro groups is 1. The van der Waals surface area contributed by atoms with Crippen LogP contribution in [0, 0.1) is 15.0 Å². The predicted octanol–water partition coefficient (Wildman–Crippen LogP) is 2.92. The van der Waals surface area contributed by atoms with Crippen LogP contribution in [0.2, 0.25) is 0 Å². The van der Waals surface area contributed by atoms with Crippen molar-refractivity contribution >= 4 is 17.3 Å². The lowest BCUT2D eigenvalue weighted by Crippen LogP contribution is -2.24. The highest BCUT2D eigenvalue weighted by atomic mass is 16.6. The Bertz CT molecular complexity index is 640. The molecule has 0 saturated carbocycles. The average Bonchev–Trinajstić information content (AvgIpc) is 2.49. The number of nitro benzene ring substituents is 1. The van der Waals surface area contributed by atoms with Gasteiger partial charge in [-0.25, -0.2) is 0 Å². The highest BCUT2D eigenvalue weighted by Gasteiger charge is 2.19. The standard InChI is InChI=1S/C13H9N3O4/c17-13(10-6-8-12(9-7-10)16(19)20)15(14-18)11-4-2-1-3-5-11/h1-9H. The minimum atomic E-state index is -0.652. The topological polar surface area (TPSA) is 92.9 Å². The quantitative estimate of drug-likeness (QED) is 0.485. The Morgan fingerprint density at radius 1 is 1.05 bits per heavy atom. The second-order valence-corrected chi connectivity index (χ2v) is 3.84. The monoisotopic (exact) mass is 271 g/mol. The zero-order chi connectivity index (χ0) is 14.5. The summed E-state index contributed by atoms with van der Waals surface area (Å²) in [5.74, 6) is -0.652. The lowest BCUT2D eigenvalue weighted by Gasteiger charge is -2.12. The highest BCUT2D eigenvalue weighted by Crippen LogP contribution is 2.19. The predicted molar refractivity (Wildman–Crippen MR) is 72.1 cm³/mol. The van der Waals surface area contributed by atoms with E-state index in [0.29, 0.717) is 10.7 Å². The van der Waals surface area contributed by atoms with Crippen molar-refractivity contribution in [2.45, 2.75) is 0 Å². The zero-order valence-corrected chi connectivity index (χ0v) is 10.2. The van der Waals surface area contributed by atoms with Crippen LogP contribution < -0.4 is 5.01 Å². The first-order valence-electron chi connectivity index (χ1n) is 5.60. The molecular weight excluding hydrogens is 262 g/mol. The van der Waals surface area contributed by atoms with Crippen LogP contribution in [0.1, 0.15) is 10.4 Å². The van der Waals surface area contributed by atoms with Gasteiger partial charge < -0.3 is 0 Å². The molecule has 0 spiro atoms. The van der Waals surface area contributed by atoms with Crippen LogP contribution in [-0.4, -0.2) is 10.8 Å². The van der Waals surface area contributed by atoms with Crippen molar-refractivity contribution in [2.24, 2.45) is 5.29 Å². The zero-order valence-electron chi connectivity index (χ0n) is 10.2. The number of carbonyl (C=O) groups is 1. The Hall–Kier alpha value is -3.09. The van der Waals surface area contributed by atoms with Crippen molar-refractivity contribution in [1.82, 2.24) is 0 Å². The Balaban J connectivity index is 2.29. The maximum Gasteiger partial charge on any atom is 0.281 e. The fourth-order valence-corrected chi connectivity index (χ4v) is 1.62. The van der Waals surface area contributed by atoms with E-state index < -0.39 is 10.8 Å². The smallest absolute Gasteiger partial charge is 0.267 e. The van der Waals surface area contributed by atoms with Crippen LogP contribution in [-0.2, 0) is 0 Å². The van der Waals surface area contributed by atoms with Gasteiger partial charge in [-0.05, 0) is 24.3 Å². The number of hydrogen-bond donors (Lipinski definition) is 0. The number of benzene rings is 2. The van der Waals surface area contributed by atoms with E-state index in [1.165, 1.54) is 24.3 Å². The molecule has 2 aromatic rings. The van der Waals surface area contributed by atoms with E-state index in [4.69, 9.17) is 0 Å². The molecule has 0 atom stereocenters. The largest absolute Gasteiger partial charge is 0.281 e. The molecule has 7 heteroatoms. The molecule has 1 amide bonds. The van der Waals surface area contributed by atoms with Gasteiger partial charge in [0.2, 0.25) is 0 Å². The SMILES string of the molecule is O=NN(C(=O)c1ccc([N+](=O)[O-])cc1)c1ccccc1. The molecule has 7 nitrogen and oxygen atoms in total. The van der Waals surface area contributed by atoms with Crippen LogP contribution in [0.4, 0.5) is 11.4 Å². The summed E-state index contributed by atoms with van der Waals surface area (Å²) < 4.78 is 0. The maximum absolute atomic E-state index is 12.1. The Morgan fingerprint density at radius 2 is 1.65 bits per heavy atom. The fraction of sp³-hybridized carbons (Fsp3) is 0. The molecule has 0 bridgehead atoms. The van der Waals surface area contributed by atoms with Gasteiger partial charge >= 0.3 is 0 Å². The number of hydrogen-bond acceptors (Lipinski definition) is 5. The molecule has 0 saturated heterocycles. The number of nitrogens with zero attached hydrogens (tertiary/aromatic N) is 3. The second kappa shape index (κ2) is 5.70. The molecule has 0 aliphatic carbocycles. The van der Waals surface area contributed by atoms with E-state index in [1.807, 2.05) is 0 Å². The minimum absolute atomic E-state index is 0.133. The lowest BCUT2D eigenvalue weighted by molar-refractivity contribution is -0.384. The first kappa shape index (κ1) is 13.3. The molecule has 0 heterocycles. The van der Waals surface area contributed by atoms with Crippen molar-refractivity contribution < 1.29 is 9.72 Å². The first-order valence-corrected chi connectivity index (χ1v) is 5.60. The van der Waals surface area contributed by atoms with E-state index in [2.05, 4.69) is 5.29 Å². The van der Waals surface area contributed by atoms with E-state index in [9.17, 15) is 19.8 Å². The van der Waals surface area contributed by atoms with Crippen molar-refractivity contribution in [2.75, 3.05) is 5.01 Å². The molecule has 0 N–H and O–H groups in total. The third kappa shape index (κ3) is 2.66. The van der Waals surface area contributed by atoms with Gasteiger partial charge in [0.15, 0.2) is 0 Å². The van der Waals surface area contributed by atoms with Gasteiger partial charge in [0.25, 0.3) is 11.6 Å². The molecule has 2 rings (SSSR count). The molecule has 20 heavy (non-hydrogen) atoms. The summed E-state index contributed by atoms with van der Waals surface area (Å²) in [7, 11) is 0. The van der Waals surface area contributed by atoms with Gasteiger partial charge in [-0.1, -0.05) is 18.2 Å². The number of carbonyl (C=O) groups excluding carboxylic acids is 1. The average molecular weight is 271 g/mol. The van der Waals surface area contributed by atoms with Gasteiger partial charge in [0.05, 0.1) is 15.9 Å². The number of amides is 1. The summed E-state index contributed by atoms with van der Waals surface area (Å²) in [6.07, 6.45) is 0. The van der Waals surface area contributed by atoms with Crippen LogP contribution in [0.25, 0.3) is 0 Å². The normalized spacial score (nSPS) is 9.80. The van der Waals surface area contributed by atoms with E-state index in [-0.39, 0.29) is 11.3 Å². The van der Waals surface area contributed by atoms with E-state index >= 15 is 0 Å². The second-order valence-electron chi connectivity index (χ2n) is 3.84. The summed E-state index contributed by atoms with van der Waals surface area (Å²) in [6.45, 7) is 0. The summed E-state index contributed by atoms with van der Waals surface area (Å²) in [5.41, 5.74) is 0.330. The summed E-state index contributed by atoms with van der Waals surface area (Å²) >= 11 is 0. The Labute approximate surface area is 113 Å². The van der Waals surface area contributed by atoms with Crippen molar-refractivity contribution in [3.8, 4) is 0 Å². The molecule has 100 valence electrons. The minimum Gasteiger partial charge on any atom is -0.267 e. The summed E-state index contributed by atoms with van der Waals surface area (Å²) in [5, 5.41) is 13.9. The number of rotatable bonds is 4. The lowest BCUT2D eigenvalue weighted by atomic mass is 10.2. The number of nitroso groups, excluding NO2 is 1. The van der Waals surface area contributed by atoms with Gasteiger partial charge in [-0.2, -0.15) is 5.01 Å². The number of anilines is 1. The summed E-state index contributed by atoms with van der Waals surface area (Å²) in [6, 6.07) is 13.1. The molecule has 0 radical (unpaired) electrons. The molecule has 0 aliphatic heterocycles. The molecule has 0 fully saturated rings. The molecule has 0 unspecified atom stereocenters. The fourth-order valence-electron chi connectivity index (χ4n) is 1.62. The highest BCUT2D eigenvalue weighted by molar-refractivity contribution is 6.05. The van der Waals surface area contributed by atoms with Gasteiger partial charge in [0.1, 0.15) is 0 Å². The van der Waals surface area contributed by atoms with Gasteiger partial charge in [-0.15, -0.1) is 4.91 Å². The molecular formula is C13H9N3O4. The van der Waals surface area contributed by atoms with E-state index in [0.717, 1.165) is 0 Å². The third-order valence-corrected chi connectivity index (χ3v) is 2.60. The van der Waals surface area contributed by atoms with Crippen LogP contribution in [0.3, 0.4) is 0 Å². The number of para-hydroxylation sites is 1. The molecule has 0 aromatic heterocycles. The summed E-state index contributed by atoms with van der Waals surface area (Å²) in [4.78, 5) is 32.9. The third-order valence-electron chi connectivity index (χ3n) is 2.60. The Morgan fingerprint density at radius 3 is 2.15 bits per heavy atom. The van der Waals surface area contributed by atoms with Crippen LogP contribution >= 0.6 is 0 Å². The van der Waals surface area contributed by atoms with Crippen LogP contribution in [0.5, 0.6) is 0 Å². The van der Waals surface area contributed by atoms with Crippen molar-refractivity contribution in [3.63, 3.8) is 0 Å². The molecule has 2 aromatic carbocycles. The first-order chi connectivity index (χ1) is 9.63. The van der Waals surface area contributed by atoms with Crippen molar-refractivity contribution in [1.29, 1.82) is 0 Å². The Kier molecular flexibility index (Phi) is 3.80. The van der Waals surface area contributed by atoms with Crippen molar-refractivity contribution in [3.05, 3.63) is 75.2 Å².